The molecule has 0 radical (unpaired) electrons. The number of fused-ring (bicyclic) bond motifs is 1. The fourth-order valence-electron chi connectivity index (χ4n) is 5.27. The Morgan fingerprint density at radius 3 is 2.24 bits per heavy atom. The SMILES string of the molecule is O=C(NCc1ccc2c(c1)OCO2)C(c1ccccc1)N(Cc1ccc(F)cc1)C(=O)CCc1ccc(S(=O)(=O)NC2CC2)cc1. The van der Waals surface area contributed by atoms with Gasteiger partial charge in [0.15, 0.2) is 11.5 Å². The Balaban J connectivity index is 1.22. The molecule has 1 heterocycles. The molecule has 9 nitrogen and oxygen atoms in total. The molecule has 1 atom stereocenters. The van der Waals surface area contributed by atoms with Crippen molar-refractivity contribution in [1.82, 2.24) is 14.9 Å². The fraction of sp³-hybridized carbons (Fsp3) is 0.257. The maximum atomic E-state index is 14.0. The van der Waals surface area contributed by atoms with Crippen molar-refractivity contribution in [2.45, 2.75) is 55.8 Å². The molecule has 46 heavy (non-hydrogen) atoms. The summed E-state index contributed by atoms with van der Waals surface area (Å²) >= 11 is 0. The van der Waals surface area contributed by atoms with Crippen LogP contribution in [-0.4, -0.2) is 38.0 Å². The molecular weight excluding hydrogens is 609 g/mol. The monoisotopic (exact) mass is 643 g/mol. The molecule has 0 spiro atoms. The number of nitrogens with one attached hydrogen (secondary N) is 2. The van der Waals surface area contributed by atoms with Gasteiger partial charge in [0.05, 0.1) is 4.90 Å². The molecule has 0 bridgehead atoms. The van der Waals surface area contributed by atoms with Crippen LogP contribution in [0.1, 0.15) is 47.6 Å². The van der Waals surface area contributed by atoms with Gasteiger partial charge in [-0.2, -0.15) is 0 Å². The number of rotatable bonds is 13. The van der Waals surface area contributed by atoms with Gasteiger partial charge in [0.2, 0.25) is 28.6 Å². The third kappa shape index (κ3) is 7.72. The fourth-order valence-corrected chi connectivity index (χ4v) is 6.58. The summed E-state index contributed by atoms with van der Waals surface area (Å²) in [5.41, 5.74) is 2.87. The highest BCUT2D eigenvalue weighted by atomic mass is 32.2. The summed E-state index contributed by atoms with van der Waals surface area (Å²) < 4.78 is 52.4. The van der Waals surface area contributed by atoms with E-state index in [1.165, 1.54) is 29.2 Å². The van der Waals surface area contributed by atoms with E-state index in [9.17, 15) is 22.4 Å². The van der Waals surface area contributed by atoms with Gasteiger partial charge in [0, 0.05) is 25.6 Å². The van der Waals surface area contributed by atoms with Crippen LogP contribution in [0.5, 0.6) is 11.5 Å². The maximum absolute atomic E-state index is 14.0. The molecule has 4 aromatic carbocycles. The van der Waals surface area contributed by atoms with E-state index in [4.69, 9.17) is 9.47 Å². The first kappa shape index (κ1) is 31.3. The summed E-state index contributed by atoms with van der Waals surface area (Å²) in [5, 5.41) is 2.98. The minimum Gasteiger partial charge on any atom is -0.454 e. The van der Waals surface area contributed by atoms with E-state index in [2.05, 4.69) is 10.0 Å². The molecule has 1 aliphatic heterocycles. The highest BCUT2D eigenvalue weighted by Crippen LogP contribution is 2.33. The average Bonchev–Trinajstić information content (AvgIpc) is 3.74. The van der Waals surface area contributed by atoms with Crippen LogP contribution < -0.4 is 19.5 Å². The van der Waals surface area contributed by atoms with Crippen LogP contribution in [0.3, 0.4) is 0 Å². The summed E-state index contributed by atoms with van der Waals surface area (Å²) in [5.74, 6) is 0.171. The highest BCUT2D eigenvalue weighted by Gasteiger charge is 2.32. The number of ether oxygens (including phenoxy) is 2. The number of halogens is 1. The van der Waals surface area contributed by atoms with E-state index in [0.717, 1.165) is 24.0 Å². The smallest absolute Gasteiger partial charge is 0.247 e. The number of aryl methyl sites for hydroxylation is 1. The molecule has 2 amide bonds. The normalized spacial score (nSPS) is 14.5. The number of amides is 2. The lowest BCUT2D eigenvalue weighted by molar-refractivity contribution is -0.141. The van der Waals surface area contributed by atoms with E-state index in [-0.39, 0.29) is 49.1 Å². The van der Waals surface area contributed by atoms with Gasteiger partial charge >= 0.3 is 0 Å². The van der Waals surface area contributed by atoms with Crippen molar-refractivity contribution >= 4 is 21.8 Å². The number of hydrogen-bond donors (Lipinski definition) is 2. The molecule has 238 valence electrons. The Hall–Kier alpha value is -4.74. The Kier molecular flexibility index (Phi) is 9.32. The zero-order chi connectivity index (χ0) is 32.1. The van der Waals surface area contributed by atoms with Crippen LogP contribution in [0.4, 0.5) is 4.39 Å². The summed E-state index contributed by atoms with van der Waals surface area (Å²) in [6, 6.07) is 25.8. The zero-order valence-corrected chi connectivity index (χ0v) is 25.8. The van der Waals surface area contributed by atoms with Gasteiger partial charge in [0.1, 0.15) is 11.9 Å². The van der Waals surface area contributed by atoms with E-state index in [1.54, 1.807) is 48.5 Å². The molecule has 1 unspecified atom stereocenters. The number of carbonyl (C=O) groups excluding carboxylic acids is 2. The van der Waals surface area contributed by atoms with Crippen molar-refractivity contribution in [3.63, 3.8) is 0 Å². The van der Waals surface area contributed by atoms with Crippen LogP contribution in [0.25, 0.3) is 0 Å². The molecule has 2 N–H and O–H groups in total. The third-order valence-corrected chi connectivity index (χ3v) is 9.46. The van der Waals surface area contributed by atoms with Gasteiger partial charge < -0.3 is 19.7 Å². The molecule has 11 heteroatoms. The second kappa shape index (κ2) is 13.7. The van der Waals surface area contributed by atoms with Crippen molar-refractivity contribution in [3.05, 3.63) is 125 Å². The van der Waals surface area contributed by atoms with Crippen molar-refractivity contribution in [2.75, 3.05) is 6.79 Å². The standard InChI is InChI=1S/C35H34FN3O6S/c36-28-12-6-25(7-13-28)22-39(33(40)19-11-24-8-16-30(17-9-24)46(42,43)38-29-14-15-29)34(27-4-2-1-3-5-27)35(41)37-21-26-10-18-31-32(20-26)45-23-44-31/h1-10,12-13,16-18,20,29,34,38H,11,14-15,19,21-23H2,(H,37,41). The summed E-state index contributed by atoms with van der Waals surface area (Å²) in [4.78, 5) is 29.6. The lowest BCUT2D eigenvalue weighted by Crippen LogP contribution is -2.43. The van der Waals surface area contributed by atoms with Gasteiger partial charge in [0.25, 0.3) is 0 Å². The van der Waals surface area contributed by atoms with Crippen LogP contribution in [-0.2, 0) is 39.1 Å². The van der Waals surface area contributed by atoms with E-state index < -0.39 is 21.9 Å². The van der Waals surface area contributed by atoms with Gasteiger partial charge in [-0.1, -0.05) is 60.7 Å². The maximum Gasteiger partial charge on any atom is 0.247 e. The molecular formula is C35H34FN3O6S. The average molecular weight is 644 g/mol. The van der Waals surface area contributed by atoms with Crippen molar-refractivity contribution in [2.24, 2.45) is 0 Å². The molecule has 6 rings (SSSR count). The van der Waals surface area contributed by atoms with Crippen molar-refractivity contribution < 1.29 is 31.9 Å². The number of hydrogen-bond acceptors (Lipinski definition) is 6. The lowest BCUT2D eigenvalue weighted by atomic mass is 10.0. The first-order chi connectivity index (χ1) is 22.2. The number of nitrogens with zero attached hydrogens (tertiary/aromatic N) is 1. The third-order valence-electron chi connectivity index (χ3n) is 7.93. The van der Waals surface area contributed by atoms with Gasteiger partial charge in [-0.15, -0.1) is 0 Å². The number of sulfonamides is 1. The second-order valence-electron chi connectivity index (χ2n) is 11.4. The quantitative estimate of drug-likeness (QED) is 0.212. The van der Waals surface area contributed by atoms with Gasteiger partial charge in [-0.3, -0.25) is 9.59 Å². The van der Waals surface area contributed by atoms with Crippen molar-refractivity contribution in [1.29, 1.82) is 0 Å². The first-order valence-electron chi connectivity index (χ1n) is 15.1. The minimum absolute atomic E-state index is 0.00108. The Labute approximate surface area is 267 Å². The minimum atomic E-state index is -3.59. The zero-order valence-electron chi connectivity index (χ0n) is 25.0. The molecule has 0 aromatic heterocycles. The van der Waals surface area contributed by atoms with E-state index in [0.29, 0.717) is 29.0 Å². The van der Waals surface area contributed by atoms with E-state index >= 15 is 0 Å². The highest BCUT2D eigenvalue weighted by molar-refractivity contribution is 7.89. The number of benzene rings is 4. The molecule has 0 saturated heterocycles. The second-order valence-corrected chi connectivity index (χ2v) is 13.1. The van der Waals surface area contributed by atoms with Crippen LogP contribution >= 0.6 is 0 Å². The molecule has 1 saturated carbocycles. The molecule has 1 fully saturated rings. The predicted molar refractivity (Wildman–Crippen MR) is 169 cm³/mol. The van der Waals surface area contributed by atoms with Crippen molar-refractivity contribution in [3.8, 4) is 11.5 Å². The summed E-state index contributed by atoms with van der Waals surface area (Å²) in [6.45, 7) is 0.408. The lowest BCUT2D eigenvalue weighted by Gasteiger charge is -2.32. The largest absolute Gasteiger partial charge is 0.454 e. The Bertz CT molecular complexity index is 1800. The molecule has 4 aromatic rings. The summed E-state index contributed by atoms with van der Waals surface area (Å²) in [6.07, 6.45) is 2.07. The Morgan fingerprint density at radius 2 is 1.52 bits per heavy atom. The molecule has 2 aliphatic rings. The van der Waals surface area contributed by atoms with Crippen LogP contribution in [0.15, 0.2) is 102 Å². The van der Waals surface area contributed by atoms with Gasteiger partial charge in [-0.05, 0) is 77.9 Å². The van der Waals surface area contributed by atoms with Crippen LogP contribution in [0, 0.1) is 5.82 Å². The van der Waals surface area contributed by atoms with Gasteiger partial charge in [-0.25, -0.2) is 17.5 Å². The molecule has 1 aliphatic carbocycles. The number of carbonyl (C=O) groups is 2. The van der Waals surface area contributed by atoms with E-state index in [1.807, 2.05) is 24.3 Å². The first-order valence-corrected chi connectivity index (χ1v) is 16.6. The topological polar surface area (TPSA) is 114 Å². The Morgan fingerprint density at radius 1 is 0.848 bits per heavy atom. The summed E-state index contributed by atoms with van der Waals surface area (Å²) in [7, 11) is -3.59. The van der Waals surface area contributed by atoms with Crippen LogP contribution in [0.2, 0.25) is 0 Å². The predicted octanol–water partition coefficient (Wildman–Crippen LogP) is 5.01.